The monoisotopic (exact) mass is 403 g/mol. The second kappa shape index (κ2) is 5.18. The third-order valence-corrected chi connectivity index (χ3v) is 5.98. The van der Waals surface area contributed by atoms with Crippen LogP contribution < -0.4 is 5.73 Å². The maximum absolute atomic E-state index is 11.1. The van der Waals surface area contributed by atoms with Gasteiger partial charge in [-0.05, 0) is 32.6 Å². The normalized spacial score (nSPS) is 37.7. The van der Waals surface area contributed by atoms with Crippen LogP contribution in [-0.2, 0) is 31.7 Å². The minimum Gasteiger partial charge on any atom is -0.384 e. The van der Waals surface area contributed by atoms with Crippen LogP contribution in [0.2, 0.25) is 0 Å². The van der Waals surface area contributed by atoms with E-state index in [4.69, 9.17) is 19.7 Å². The fraction of sp³-hybridized carbons (Fsp3) is 0.615. The van der Waals surface area contributed by atoms with Crippen LogP contribution in [0.3, 0.4) is 0 Å². The number of nitrogens with two attached hydrogens (primary N) is 1. The van der Waals surface area contributed by atoms with Gasteiger partial charge in [-0.2, -0.15) is 0 Å². The molecule has 2 aromatic heterocycles. The Bertz CT molecular complexity index is 948. The van der Waals surface area contributed by atoms with E-state index >= 15 is 0 Å². The van der Waals surface area contributed by atoms with Crippen LogP contribution in [0.25, 0.3) is 11.2 Å². The van der Waals surface area contributed by atoms with Crippen LogP contribution in [-0.4, -0.2) is 57.8 Å². The number of epoxide rings is 1. The molecule has 4 heterocycles. The van der Waals surface area contributed by atoms with Crippen molar-refractivity contribution in [1.82, 2.24) is 19.5 Å². The fourth-order valence-electron chi connectivity index (χ4n) is 3.60. The second-order valence-electron chi connectivity index (χ2n) is 6.75. The third kappa shape index (κ3) is 2.21. The lowest BCUT2D eigenvalue weighted by atomic mass is 9.84. The number of nitrogens with zero attached hydrogens (tertiary/aromatic N) is 4. The maximum Gasteiger partial charge on any atom is 0.322 e. The highest BCUT2D eigenvalue weighted by molar-refractivity contribution is 8.06. The lowest BCUT2D eigenvalue weighted by molar-refractivity contribution is -0.207. The van der Waals surface area contributed by atoms with Crippen molar-refractivity contribution in [2.75, 3.05) is 5.73 Å². The lowest BCUT2D eigenvalue weighted by Gasteiger charge is -2.33. The molecule has 0 amide bonds. The Hall–Kier alpha value is -1.24. The van der Waals surface area contributed by atoms with E-state index in [1.54, 1.807) is 6.92 Å². The number of ether oxygens (including phenoxy) is 2. The number of aliphatic hydroxyl groups is 1. The quantitative estimate of drug-likeness (QED) is 0.387. The number of aromatic nitrogens is 4. The molecule has 5 atom stereocenters. The average molecular weight is 403 g/mol. The van der Waals surface area contributed by atoms with E-state index in [2.05, 4.69) is 26.8 Å². The highest BCUT2D eigenvalue weighted by Gasteiger charge is 2.86. The molecular weight excluding hydrogens is 385 g/mol. The van der Waals surface area contributed by atoms with Gasteiger partial charge in [0.15, 0.2) is 17.1 Å². The lowest BCUT2D eigenvalue weighted by Crippen LogP contribution is -2.52. The molecule has 2 saturated heterocycles. The van der Waals surface area contributed by atoms with Gasteiger partial charge in [-0.3, -0.25) is 4.57 Å². The number of nitrogen functional groups attached to an aromatic ring is 1. The van der Waals surface area contributed by atoms with Gasteiger partial charge in [-0.25, -0.2) is 15.0 Å². The van der Waals surface area contributed by atoms with Crippen molar-refractivity contribution in [1.29, 1.82) is 0 Å². The summed E-state index contributed by atoms with van der Waals surface area (Å²) in [4.78, 5) is 31.1. The SMILES string of the molecule is CC(OP(O)(O)=S)[C@H]1O[C@]2(n3cnc4c(N)ncnc43)OC2(C)C1(C)O. The Morgan fingerprint density at radius 2 is 2.08 bits per heavy atom. The second-order valence-corrected chi connectivity index (χ2v) is 9.37. The zero-order valence-corrected chi connectivity index (χ0v) is 15.8. The first kappa shape index (κ1) is 18.1. The van der Waals surface area contributed by atoms with Gasteiger partial charge in [0.25, 0.3) is 5.91 Å². The van der Waals surface area contributed by atoms with Crippen molar-refractivity contribution in [3.05, 3.63) is 12.7 Å². The molecule has 5 N–H and O–H groups in total. The summed E-state index contributed by atoms with van der Waals surface area (Å²) in [5.74, 6) is -1.20. The van der Waals surface area contributed by atoms with Crippen molar-refractivity contribution in [3.63, 3.8) is 0 Å². The third-order valence-electron chi connectivity index (χ3n) is 5.12. The summed E-state index contributed by atoms with van der Waals surface area (Å²) < 4.78 is 18.4. The Balaban J connectivity index is 1.77. The molecule has 3 unspecified atom stereocenters. The van der Waals surface area contributed by atoms with Gasteiger partial charge in [0, 0.05) is 0 Å². The van der Waals surface area contributed by atoms with Crippen molar-refractivity contribution in [2.24, 2.45) is 0 Å². The zero-order valence-electron chi connectivity index (χ0n) is 14.1. The molecule has 11 nitrogen and oxygen atoms in total. The van der Waals surface area contributed by atoms with E-state index in [0.29, 0.717) is 11.2 Å². The topological polar surface area (TPSA) is 161 Å². The van der Waals surface area contributed by atoms with Crippen LogP contribution in [0.1, 0.15) is 20.8 Å². The van der Waals surface area contributed by atoms with Crippen molar-refractivity contribution in [3.8, 4) is 0 Å². The highest BCUT2D eigenvalue weighted by atomic mass is 32.5. The molecule has 4 rings (SSSR count). The van der Waals surface area contributed by atoms with Gasteiger partial charge in [-0.1, -0.05) is 0 Å². The molecule has 2 aromatic rings. The van der Waals surface area contributed by atoms with Crippen LogP contribution in [0.15, 0.2) is 12.7 Å². The fourth-order valence-corrected chi connectivity index (χ4v) is 4.55. The number of imidazole rings is 1. The summed E-state index contributed by atoms with van der Waals surface area (Å²) in [5, 5.41) is 11.1. The van der Waals surface area contributed by atoms with E-state index in [1.165, 1.54) is 31.1 Å². The number of hydrogen-bond acceptors (Lipinski definition) is 9. The van der Waals surface area contributed by atoms with Gasteiger partial charge >= 0.3 is 6.72 Å². The molecule has 0 bridgehead atoms. The maximum atomic E-state index is 11.1. The van der Waals surface area contributed by atoms with Gasteiger partial charge < -0.3 is 34.6 Å². The summed E-state index contributed by atoms with van der Waals surface area (Å²) in [6.07, 6.45) is 0.855. The number of rotatable bonds is 4. The molecule has 2 aliphatic rings. The van der Waals surface area contributed by atoms with Crippen LogP contribution in [0.4, 0.5) is 5.82 Å². The molecule has 0 radical (unpaired) electrons. The van der Waals surface area contributed by atoms with Crippen molar-refractivity contribution in [2.45, 2.75) is 50.1 Å². The first-order valence-electron chi connectivity index (χ1n) is 7.71. The predicted octanol–water partition coefficient (Wildman–Crippen LogP) is -0.428. The largest absolute Gasteiger partial charge is 0.384 e. The van der Waals surface area contributed by atoms with E-state index < -0.39 is 36.0 Å². The van der Waals surface area contributed by atoms with Gasteiger partial charge in [0.1, 0.15) is 29.9 Å². The molecule has 0 aromatic carbocycles. The number of fused-ring (bicyclic) bond motifs is 2. The standard InChI is InChI=1S/C13H18N5O6PS/c1-6(23-25(20,21)26)8-11(2,19)12(3)13(22-8,24-12)18-5-17-7-9(14)15-4-16-10(7)18/h4-6,8,19H,1-3H3,(H2,14,15,16)(H2,20,21,26)/t6?,8-,11?,12?,13+/m1/s1. The van der Waals surface area contributed by atoms with Crippen LogP contribution >= 0.6 is 6.72 Å². The number of hydrogen-bond donors (Lipinski definition) is 4. The van der Waals surface area contributed by atoms with Gasteiger partial charge in [-0.15, -0.1) is 0 Å². The summed E-state index contributed by atoms with van der Waals surface area (Å²) in [7, 11) is 0. The van der Waals surface area contributed by atoms with Gasteiger partial charge in [0.2, 0.25) is 0 Å². The summed E-state index contributed by atoms with van der Waals surface area (Å²) in [5.41, 5.74) is 3.86. The minimum atomic E-state index is -3.94. The van der Waals surface area contributed by atoms with E-state index in [0.717, 1.165) is 0 Å². The first-order chi connectivity index (χ1) is 11.9. The Kier molecular flexibility index (Phi) is 3.61. The predicted molar refractivity (Wildman–Crippen MR) is 92.0 cm³/mol. The zero-order chi connectivity index (χ0) is 19.1. The van der Waals surface area contributed by atoms with E-state index in [1.807, 2.05) is 0 Å². The Morgan fingerprint density at radius 1 is 1.38 bits per heavy atom. The minimum absolute atomic E-state index is 0.201. The molecule has 0 spiro atoms. The smallest absolute Gasteiger partial charge is 0.322 e. The molecule has 2 fully saturated rings. The summed E-state index contributed by atoms with van der Waals surface area (Å²) in [6.45, 7) is 0.780. The summed E-state index contributed by atoms with van der Waals surface area (Å²) >= 11 is 4.51. The summed E-state index contributed by atoms with van der Waals surface area (Å²) in [6, 6.07) is 0. The van der Waals surface area contributed by atoms with Gasteiger partial charge in [0.05, 0.1) is 6.10 Å². The van der Waals surface area contributed by atoms with E-state index in [9.17, 15) is 14.9 Å². The van der Waals surface area contributed by atoms with Crippen LogP contribution in [0, 0.1) is 0 Å². The Labute approximate surface area is 153 Å². The molecule has 13 heteroatoms. The highest BCUT2D eigenvalue weighted by Crippen LogP contribution is 2.67. The molecule has 2 aliphatic heterocycles. The molecule has 26 heavy (non-hydrogen) atoms. The van der Waals surface area contributed by atoms with E-state index in [-0.39, 0.29) is 5.82 Å². The molecular formula is C13H18N5O6PS. The Morgan fingerprint density at radius 3 is 2.73 bits per heavy atom. The molecule has 0 aliphatic carbocycles. The first-order valence-corrected chi connectivity index (χ1v) is 10.3. The molecule has 142 valence electrons. The van der Waals surface area contributed by atoms with Crippen molar-refractivity contribution < 1.29 is 28.9 Å². The molecule has 0 saturated carbocycles. The average Bonchev–Trinajstić information content (AvgIpc) is 2.84. The van der Waals surface area contributed by atoms with Crippen LogP contribution in [0.5, 0.6) is 0 Å². The number of anilines is 1. The van der Waals surface area contributed by atoms with Crippen molar-refractivity contribution >= 4 is 35.5 Å².